The van der Waals surface area contributed by atoms with Crippen molar-refractivity contribution in [3.8, 4) is 0 Å². The standard InChI is InChI=1S/C13H18OS/c1-4-13(14)11(3)15-9-12-7-5-6-10(2)8-12/h5-8,11H,4,9H2,1-3H3. The zero-order chi connectivity index (χ0) is 11.3. The molecule has 1 aromatic carbocycles. The Hall–Kier alpha value is -0.760. The Morgan fingerprint density at radius 2 is 2.20 bits per heavy atom. The van der Waals surface area contributed by atoms with Crippen molar-refractivity contribution in [2.75, 3.05) is 0 Å². The van der Waals surface area contributed by atoms with Crippen LogP contribution in [0.3, 0.4) is 0 Å². The maximum absolute atomic E-state index is 11.4. The second kappa shape index (κ2) is 5.96. The Balaban J connectivity index is 2.47. The fourth-order valence-electron chi connectivity index (χ4n) is 1.40. The van der Waals surface area contributed by atoms with Gasteiger partial charge in [-0.3, -0.25) is 4.79 Å². The maximum atomic E-state index is 11.4. The molecule has 0 saturated carbocycles. The van der Waals surface area contributed by atoms with E-state index in [9.17, 15) is 4.79 Å². The monoisotopic (exact) mass is 222 g/mol. The quantitative estimate of drug-likeness (QED) is 0.757. The molecule has 0 aliphatic rings. The number of thioether (sulfide) groups is 1. The van der Waals surface area contributed by atoms with E-state index in [2.05, 4.69) is 31.2 Å². The number of hydrogen-bond acceptors (Lipinski definition) is 2. The molecule has 0 saturated heterocycles. The first-order valence-electron chi connectivity index (χ1n) is 5.33. The van der Waals surface area contributed by atoms with E-state index in [-0.39, 0.29) is 5.25 Å². The summed E-state index contributed by atoms with van der Waals surface area (Å²) in [5, 5.41) is 0.121. The van der Waals surface area contributed by atoms with Gasteiger partial charge in [0.2, 0.25) is 0 Å². The molecule has 82 valence electrons. The summed E-state index contributed by atoms with van der Waals surface area (Å²) < 4.78 is 0. The fourth-order valence-corrected chi connectivity index (χ4v) is 2.38. The molecule has 0 spiro atoms. The maximum Gasteiger partial charge on any atom is 0.145 e. The molecule has 15 heavy (non-hydrogen) atoms. The summed E-state index contributed by atoms with van der Waals surface area (Å²) in [5.41, 5.74) is 2.58. The normalized spacial score (nSPS) is 12.5. The van der Waals surface area contributed by atoms with E-state index in [1.807, 2.05) is 13.8 Å². The van der Waals surface area contributed by atoms with Crippen molar-refractivity contribution in [1.82, 2.24) is 0 Å². The molecule has 0 aromatic heterocycles. The highest BCUT2D eigenvalue weighted by Crippen LogP contribution is 2.19. The summed E-state index contributed by atoms with van der Waals surface area (Å²) in [6.07, 6.45) is 0.641. The van der Waals surface area contributed by atoms with Gasteiger partial charge in [-0.2, -0.15) is 0 Å². The first-order chi connectivity index (χ1) is 7.13. The lowest BCUT2D eigenvalue weighted by molar-refractivity contribution is -0.117. The third-order valence-corrected chi connectivity index (χ3v) is 3.65. The lowest BCUT2D eigenvalue weighted by atomic mass is 10.2. The van der Waals surface area contributed by atoms with Crippen LogP contribution in [0.2, 0.25) is 0 Å². The molecule has 0 aliphatic heterocycles. The van der Waals surface area contributed by atoms with Crippen molar-refractivity contribution in [1.29, 1.82) is 0 Å². The Morgan fingerprint density at radius 3 is 2.80 bits per heavy atom. The van der Waals surface area contributed by atoms with Crippen molar-refractivity contribution in [3.63, 3.8) is 0 Å². The van der Waals surface area contributed by atoms with Gasteiger partial charge in [-0.1, -0.05) is 36.8 Å². The SMILES string of the molecule is CCC(=O)C(C)SCc1cccc(C)c1. The van der Waals surface area contributed by atoms with E-state index >= 15 is 0 Å². The zero-order valence-corrected chi connectivity index (χ0v) is 10.4. The topological polar surface area (TPSA) is 17.1 Å². The van der Waals surface area contributed by atoms with E-state index < -0.39 is 0 Å². The number of aryl methyl sites for hydroxylation is 1. The minimum absolute atomic E-state index is 0.121. The molecular weight excluding hydrogens is 204 g/mol. The van der Waals surface area contributed by atoms with Crippen molar-refractivity contribution >= 4 is 17.5 Å². The van der Waals surface area contributed by atoms with Crippen molar-refractivity contribution in [2.45, 2.75) is 38.2 Å². The van der Waals surface area contributed by atoms with Crippen LogP contribution in [0.15, 0.2) is 24.3 Å². The summed E-state index contributed by atoms with van der Waals surface area (Å²) in [6, 6.07) is 8.45. The van der Waals surface area contributed by atoms with E-state index in [4.69, 9.17) is 0 Å². The zero-order valence-electron chi connectivity index (χ0n) is 9.62. The molecule has 0 bridgehead atoms. The van der Waals surface area contributed by atoms with Crippen LogP contribution in [0, 0.1) is 6.92 Å². The third kappa shape index (κ3) is 4.08. The Kier molecular flexibility index (Phi) is 4.89. The van der Waals surface area contributed by atoms with Gasteiger partial charge in [0.05, 0.1) is 5.25 Å². The van der Waals surface area contributed by atoms with Gasteiger partial charge in [0.15, 0.2) is 0 Å². The molecular formula is C13H18OS. The molecule has 2 heteroatoms. The Bertz CT molecular complexity index is 333. The average Bonchev–Trinajstić information content (AvgIpc) is 2.25. The van der Waals surface area contributed by atoms with Gasteiger partial charge in [0.1, 0.15) is 5.78 Å². The summed E-state index contributed by atoms with van der Waals surface area (Å²) >= 11 is 1.72. The number of ketones is 1. The van der Waals surface area contributed by atoms with Crippen LogP contribution < -0.4 is 0 Å². The van der Waals surface area contributed by atoms with Crippen LogP contribution in [0.4, 0.5) is 0 Å². The van der Waals surface area contributed by atoms with Crippen LogP contribution in [0.1, 0.15) is 31.4 Å². The summed E-state index contributed by atoms with van der Waals surface area (Å²) in [7, 11) is 0. The lowest BCUT2D eigenvalue weighted by Gasteiger charge is -2.09. The minimum atomic E-state index is 0.121. The van der Waals surface area contributed by atoms with E-state index in [0.29, 0.717) is 12.2 Å². The third-order valence-electron chi connectivity index (χ3n) is 2.38. The molecule has 1 atom stereocenters. The molecule has 0 heterocycles. The van der Waals surface area contributed by atoms with Gasteiger partial charge < -0.3 is 0 Å². The molecule has 1 nitrogen and oxygen atoms in total. The minimum Gasteiger partial charge on any atom is -0.298 e. The number of benzene rings is 1. The highest BCUT2D eigenvalue weighted by Gasteiger charge is 2.10. The first-order valence-corrected chi connectivity index (χ1v) is 6.38. The van der Waals surface area contributed by atoms with Crippen LogP contribution >= 0.6 is 11.8 Å². The molecule has 0 radical (unpaired) electrons. The largest absolute Gasteiger partial charge is 0.298 e. The second-order valence-corrected chi connectivity index (χ2v) is 5.09. The second-order valence-electron chi connectivity index (χ2n) is 3.76. The van der Waals surface area contributed by atoms with Gasteiger partial charge in [-0.25, -0.2) is 0 Å². The van der Waals surface area contributed by atoms with Gasteiger partial charge >= 0.3 is 0 Å². The van der Waals surface area contributed by atoms with Crippen LogP contribution in [0.25, 0.3) is 0 Å². The lowest BCUT2D eigenvalue weighted by Crippen LogP contribution is -2.11. The molecule has 0 fully saturated rings. The molecule has 1 aromatic rings. The highest BCUT2D eigenvalue weighted by molar-refractivity contribution is 7.99. The fraction of sp³-hybridized carbons (Fsp3) is 0.462. The Morgan fingerprint density at radius 1 is 1.47 bits per heavy atom. The van der Waals surface area contributed by atoms with E-state index in [0.717, 1.165) is 5.75 Å². The van der Waals surface area contributed by atoms with Gasteiger partial charge in [0, 0.05) is 12.2 Å². The molecule has 1 rings (SSSR count). The molecule has 0 amide bonds. The van der Waals surface area contributed by atoms with Crippen LogP contribution in [-0.4, -0.2) is 11.0 Å². The number of carbonyl (C=O) groups is 1. The smallest absolute Gasteiger partial charge is 0.145 e. The number of rotatable bonds is 5. The van der Waals surface area contributed by atoms with Crippen molar-refractivity contribution in [3.05, 3.63) is 35.4 Å². The molecule has 0 aliphatic carbocycles. The first kappa shape index (κ1) is 12.3. The van der Waals surface area contributed by atoms with Gasteiger partial charge in [-0.05, 0) is 19.4 Å². The van der Waals surface area contributed by atoms with Crippen LogP contribution in [-0.2, 0) is 10.5 Å². The van der Waals surface area contributed by atoms with Crippen molar-refractivity contribution in [2.24, 2.45) is 0 Å². The molecule has 1 unspecified atom stereocenters. The van der Waals surface area contributed by atoms with Gasteiger partial charge in [0.25, 0.3) is 0 Å². The van der Waals surface area contributed by atoms with E-state index in [1.165, 1.54) is 11.1 Å². The van der Waals surface area contributed by atoms with Crippen molar-refractivity contribution < 1.29 is 4.79 Å². The average molecular weight is 222 g/mol. The van der Waals surface area contributed by atoms with E-state index in [1.54, 1.807) is 11.8 Å². The number of Topliss-reactive ketones (excluding diaryl/α,β-unsaturated/α-hetero) is 1. The number of carbonyl (C=O) groups excluding carboxylic acids is 1. The number of hydrogen-bond donors (Lipinski definition) is 0. The summed E-state index contributed by atoms with van der Waals surface area (Å²) in [5.74, 6) is 1.27. The predicted octanol–water partition coefficient (Wildman–Crippen LogP) is 3.60. The highest BCUT2D eigenvalue weighted by atomic mass is 32.2. The van der Waals surface area contributed by atoms with Crippen LogP contribution in [0.5, 0.6) is 0 Å². The predicted molar refractivity (Wildman–Crippen MR) is 67.2 cm³/mol. The summed E-state index contributed by atoms with van der Waals surface area (Å²) in [4.78, 5) is 11.4. The molecule has 0 N–H and O–H groups in total. The summed E-state index contributed by atoms with van der Waals surface area (Å²) in [6.45, 7) is 6.01. The van der Waals surface area contributed by atoms with Gasteiger partial charge in [-0.15, -0.1) is 11.8 Å². The Labute approximate surface area is 96.3 Å².